The second kappa shape index (κ2) is 8.52. The summed E-state index contributed by atoms with van der Waals surface area (Å²) >= 11 is 6.30. The van der Waals surface area contributed by atoms with Gasteiger partial charge in [-0.3, -0.25) is 4.72 Å². The fourth-order valence-electron chi connectivity index (χ4n) is 4.28. The third-order valence-corrected chi connectivity index (χ3v) is 7.67. The maximum atomic E-state index is 13.2. The molecule has 0 spiro atoms. The number of aromatic nitrogens is 3. The maximum absolute atomic E-state index is 13.2. The summed E-state index contributed by atoms with van der Waals surface area (Å²) in [6.07, 6.45) is 4.46. The van der Waals surface area contributed by atoms with E-state index in [2.05, 4.69) is 40.3 Å². The zero-order valence-corrected chi connectivity index (χ0v) is 20.5. The lowest BCUT2D eigenvalue weighted by molar-refractivity contribution is 0.510. The van der Waals surface area contributed by atoms with Crippen LogP contribution >= 0.6 is 11.6 Å². The van der Waals surface area contributed by atoms with Crippen LogP contribution in [-0.4, -0.2) is 23.2 Å². The van der Waals surface area contributed by atoms with Crippen LogP contribution in [0, 0.1) is 6.92 Å². The molecule has 1 heterocycles. The van der Waals surface area contributed by atoms with Gasteiger partial charge in [0.2, 0.25) is 0 Å². The van der Waals surface area contributed by atoms with Crippen molar-refractivity contribution in [3.8, 4) is 11.4 Å². The number of anilines is 1. The Morgan fingerprint density at radius 3 is 2.31 bits per heavy atom. The molecule has 4 rings (SSSR count). The van der Waals surface area contributed by atoms with E-state index >= 15 is 0 Å². The van der Waals surface area contributed by atoms with Gasteiger partial charge in [-0.05, 0) is 61.1 Å². The molecule has 3 aromatic rings. The molecule has 0 aliphatic heterocycles. The van der Waals surface area contributed by atoms with E-state index in [-0.39, 0.29) is 10.3 Å². The molecule has 0 atom stereocenters. The first-order valence-corrected chi connectivity index (χ1v) is 12.8. The number of hydrogen-bond acceptors (Lipinski definition) is 4. The monoisotopic (exact) mass is 472 g/mol. The smallest absolute Gasteiger partial charge is 0.261 e. The van der Waals surface area contributed by atoms with E-state index in [1.165, 1.54) is 12.8 Å². The number of benzene rings is 2. The van der Waals surface area contributed by atoms with Crippen LogP contribution in [0.25, 0.3) is 11.4 Å². The van der Waals surface area contributed by atoms with Crippen LogP contribution in [0.3, 0.4) is 0 Å². The first-order valence-electron chi connectivity index (χ1n) is 10.9. The van der Waals surface area contributed by atoms with Crippen LogP contribution in [0.1, 0.15) is 63.9 Å². The summed E-state index contributed by atoms with van der Waals surface area (Å²) in [4.78, 5) is 0.208. The number of nitrogens with zero attached hydrogens (tertiary/aromatic N) is 3. The number of halogens is 1. The molecule has 1 aromatic heterocycles. The fourth-order valence-corrected chi connectivity index (χ4v) is 5.53. The molecular weight excluding hydrogens is 444 g/mol. The molecule has 1 aliphatic rings. The van der Waals surface area contributed by atoms with E-state index in [0.29, 0.717) is 28.1 Å². The Hall–Kier alpha value is -2.38. The van der Waals surface area contributed by atoms with Crippen LogP contribution < -0.4 is 4.72 Å². The Morgan fingerprint density at radius 1 is 1.03 bits per heavy atom. The Balaban J connectivity index is 1.72. The highest BCUT2D eigenvalue weighted by atomic mass is 35.5. The van der Waals surface area contributed by atoms with Gasteiger partial charge in [0.05, 0.1) is 10.6 Å². The molecule has 8 heteroatoms. The van der Waals surface area contributed by atoms with Crippen LogP contribution in [0.4, 0.5) is 5.69 Å². The van der Waals surface area contributed by atoms with Crippen molar-refractivity contribution in [2.24, 2.45) is 0 Å². The Morgan fingerprint density at radius 2 is 1.69 bits per heavy atom. The van der Waals surface area contributed by atoms with Crippen LogP contribution in [0.15, 0.2) is 47.4 Å². The van der Waals surface area contributed by atoms with Crippen molar-refractivity contribution < 1.29 is 8.42 Å². The van der Waals surface area contributed by atoms with E-state index in [4.69, 9.17) is 11.6 Å². The first-order chi connectivity index (χ1) is 15.1. The van der Waals surface area contributed by atoms with Gasteiger partial charge in [0.25, 0.3) is 10.0 Å². The highest BCUT2D eigenvalue weighted by Gasteiger charge is 2.26. The van der Waals surface area contributed by atoms with Crippen LogP contribution in [0.2, 0.25) is 5.02 Å². The van der Waals surface area contributed by atoms with Gasteiger partial charge in [0.1, 0.15) is 5.82 Å². The molecule has 2 aromatic carbocycles. The van der Waals surface area contributed by atoms with Crippen molar-refractivity contribution in [3.63, 3.8) is 0 Å². The molecule has 32 heavy (non-hydrogen) atoms. The highest BCUT2D eigenvalue weighted by Crippen LogP contribution is 2.37. The second-order valence-corrected chi connectivity index (χ2v) is 11.6. The summed E-state index contributed by atoms with van der Waals surface area (Å²) < 4.78 is 31.2. The quantitative estimate of drug-likeness (QED) is 0.485. The third-order valence-electron chi connectivity index (χ3n) is 6.05. The molecule has 170 valence electrons. The third kappa shape index (κ3) is 4.55. The topological polar surface area (TPSA) is 76.9 Å². The molecule has 0 saturated heterocycles. The number of rotatable bonds is 5. The summed E-state index contributed by atoms with van der Waals surface area (Å²) in [5.41, 5.74) is 2.07. The van der Waals surface area contributed by atoms with Gasteiger partial charge in [-0.1, -0.05) is 57.3 Å². The van der Waals surface area contributed by atoms with Gasteiger partial charge in [0.15, 0.2) is 5.82 Å². The molecule has 1 N–H and O–H groups in total. The fraction of sp³-hybridized carbons (Fsp3) is 0.417. The minimum absolute atomic E-state index is 0.0543. The Kier molecular flexibility index (Phi) is 6.07. The van der Waals surface area contributed by atoms with E-state index in [1.807, 2.05) is 19.1 Å². The van der Waals surface area contributed by atoms with E-state index in [0.717, 1.165) is 24.2 Å². The largest absolute Gasteiger partial charge is 0.308 e. The van der Waals surface area contributed by atoms with Crippen molar-refractivity contribution in [1.82, 2.24) is 14.8 Å². The molecule has 6 nitrogen and oxygen atoms in total. The minimum Gasteiger partial charge on any atom is -0.308 e. The van der Waals surface area contributed by atoms with Gasteiger partial charge >= 0.3 is 0 Å². The van der Waals surface area contributed by atoms with Crippen molar-refractivity contribution in [2.45, 2.75) is 69.7 Å². The zero-order chi connectivity index (χ0) is 23.1. The summed E-state index contributed by atoms with van der Waals surface area (Å²) in [6, 6.07) is 12.4. The lowest BCUT2D eigenvalue weighted by Gasteiger charge is -2.20. The van der Waals surface area contributed by atoms with Crippen molar-refractivity contribution in [2.75, 3.05) is 4.72 Å². The molecule has 0 radical (unpaired) electrons. The van der Waals surface area contributed by atoms with E-state index in [9.17, 15) is 8.42 Å². The van der Waals surface area contributed by atoms with Crippen molar-refractivity contribution >= 4 is 27.3 Å². The van der Waals surface area contributed by atoms with Crippen LogP contribution in [-0.2, 0) is 15.4 Å². The second-order valence-electron chi connectivity index (χ2n) is 9.45. The molecule has 0 unspecified atom stereocenters. The van der Waals surface area contributed by atoms with Gasteiger partial charge in [-0.2, -0.15) is 0 Å². The number of aryl methyl sites for hydroxylation is 1. The predicted octanol–water partition coefficient (Wildman–Crippen LogP) is 6.12. The normalized spacial score (nSPS) is 15.3. The van der Waals surface area contributed by atoms with Crippen molar-refractivity contribution in [3.05, 3.63) is 58.9 Å². The average molecular weight is 473 g/mol. The standard InChI is InChI=1S/C24H29ClN4O2S/c1-16-26-27-23(29(16)19-7-5-6-8-19)21-15-18(25)11-14-22(21)28-32(30,31)20-12-9-17(10-13-20)24(2,3)4/h9-15,19,28H,5-8H2,1-4H3. The summed E-state index contributed by atoms with van der Waals surface area (Å²) in [7, 11) is -3.79. The summed E-state index contributed by atoms with van der Waals surface area (Å²) in [5, 5.41) is 9.19. The lowest BCUT2D eigenvalue weighted by Crippen LogP contribution is -2.16. The SMILES string of the molecule is Cc1nnc(-c2cc(Cl)ccc2NS(=O)(=O)c2ccc(C(C)(C)C)cc2)n1C1CCCC1. The zero-order valence-electron chi connectivity index (χ0n) is 18.9. The first kappa shape index (κ1) is 22.8. The number of sulfonamides is 1. The molecule has 1 fully saturated rings. The maximum Gasteiger partial charge on any atom is 0.261 e. The summed E-state index contributed by atoms with van der Waals surface area (Å²) in [5.74, 6) is 1.45. The van der Waals surface area contributed by atoms with Crippen LogP contribution in [0.5, 0.6) is 0 Å². The summed E-state index contributed by atoms with van der Waals surface area (Å²) in [6.45, 7) is 8.21. The van der Waals surface area contributed by atoms with Gasteiger partial charge in [0, 0.05) is 16.6 Å². The predicted molar refractivity (Wildman–Crippen MR) is 129 cm³/mol. The Bertz CT molecular complexity index is 1220. The van der Waals surface area contributed by atoms with Gasteiger partial charge < -0.3 is 4.57 Å². The number of nitrogens with one attached hydrogen (secondary N) is 1. The molecule has 1 saturated carbocycles. The van der Waals surface area contributed by atoms with E-state index < -0.39 is 10.0 Å². The number of hydrogen-bond donors (Lipinski definition) is 1. The van der Waals surface area contributed by atoms with Gasteiger partial charge in [-0.15, -0.1) is 10.2 Å². The molecular formula is C24H29ClN4O2S. The molecule has 1 aliphatic carbocycles. The van der Waals surface area contributed by atoms with E-state index in [1.54, 1.807) is 30.3 Å². The van der Waals surface area contributed by atoms with Crippen molar-refractivity contribution in [1.29, 1.82) is 0 Å². The minimum atomic E-state index is -3.79. The lowest BCUT2D eigenvalue weighted by atomic mass is 9.87. The molecule has 0 amide bonds. The van der Waals surface area contributed by atoms with Gasteiger partial charge in [-0.25, -0.2) is 8.42 Å². The average Bonchev–Trinajstić information content (AvgIpc) is 3.38. The molecule has 0 bridgehead atoms. The highest BCUT2D eigenvalue weighted by molar-refractivity contribution is 7.92. The Labute approximate surface area is 195 Å².